The Bertz CT molecular complexity index is 1010. The fraction of sp³-hybridized carbons (Fsp3) is 0.261. The van der Waals surface area contributed by atoms with E-state index in [0.717, 1.165) is 13.0 Å². The third kappa shape index (κ3) is 6.28. The molecule has 2 aromatic carbocycles. The van der Waals surface area contributed by atoms with Crippen LogP contribution in [-0.4, -0.2) is 47.8 Å². The molecule has 7 nitrogen and oxygen atoms in total. The highest BCUT2D eigenvalue weighted by Crippen LogP contribution is 2.11. The van der Waals surface area contributed by atoms with Crippen molar-refractivity contribution < 1.29 is 9.53 Å². The summed E-state index contributed by atoms with van der Waals surface area (Å²) in [5.74, 6) is 0.349. The second-order valence-corrected chi connectivity index (χ2v) is 7.15. The van der Waals surface area contributed by atoms with Crippen molar-refractivity contribution in [1.82, 2.24) is 14.7 Å². The number of amides is 1. The molecule has 30 heavy (non-hydrogen) atoms. The summed E-state index contributed by atoms with van der Waals surface area (Å²) in [5, 5.41) is 6.99. The first-order valence-electron chi connectivity index (χ1n) is 9.82. The Morgan fingerprint density at radius 3 is 2.47 bits per heavy atom. The predicted octanol–water partition coefficient (Wildman–Crippen LogP) is 2.68. The number of carbonyl (C=O) groups is 1. The highest BCUT2D eigenvalue weighted by molar-refractivity contribution is 6.02. The molecule has 0 unspecified atom stereocenters. The maximum atomic E-state index is 12.5. The lowest BCUT2D eigenvalue weighted by molar-refractivity contribution is 0.101. The first kappa shape index (κ1) is 21.3. The number of hydrogen-bond acceptors (Lipinski definition) is 5. The molecule has 0 spiro atoms. The van der Waals surface area contributed by atoms with Gasteiger partial charge in [-0.15, -0.1) is 0 Å². The lowest BCUT2D eigenvalue weighted by atomic mass is 10.1. The van der Waals surface area contributed by atoms with E-state index in [-0.39, 0.29) is 30.3 Å². The molecular weight excluding hydrogens is 380 g/mol. The molecule has 0 fully saturated rings. The molecule has 0 bridgehead atoms. The summed E-state index contributed by atoms with van der Waals surface area (Å²) in [7, 11) is 4.07. The zero-order valence-electron chi connectivity index (χ0n) is 17.2. The van der Waals surface area contributed by atoms with E-state index in [1.807, 2.05) is 68.7 Å². The number of ether oxygens (including phenoxy) is 1. The number of aromatic nitrogens is 2. The van der Waals surface area contributed by atoms with Crippen LogP contribution in [0.25, 0.3) is 0 Å². The zero-order valence-corrected chi connectivity index (χ0v) is 17.2. The van der Waals surface area contributed by atoms with Gasteiger partial charge in [0.15, 0.2) is 0 Å². The maximum Gasteiger partial charge on any atom is 0.276 e. The Morgan fingerprint density at radius 1 is 1.03 bits per heavy atom. The lowest BCUT2D eigenvalue weighted by Crippen LogP contribution is -2.28. The van der Waals surface area contributed by atoms with E-state index < -0.39 is 0 Å². The standard InChI is InChI=1S/C23H26N4O3/c1-26(2)15-14-18-8-10-19(11-9-18)24-23(29)21-12-13-22(28)27(25-21)16-17-30-20-6-4-3-5-7-20/h3-13H,14-17H2,1-2H3,(H,24,29). The number of hydrogen-bond donors (Lipinski definition) is 1. The molecule has 1 amide bonds. The van der Waals surface area contributed by atoms with Crippen LogP contribution in [0.3, 0.4) is 0 Å². The third-order valence-electron chi connectivity index (χ3n) is 4.47. The van der Waals surface area contributed by atoms with Crippen LogP contribution in [0.1, 0.15) is 16.1 Å². The normalized spacial score (nSPS) is 10.8. The number of para-hydroxylation sites is 1. The number of nitrogens with zero attached hydrogens (tertiary/aromatic N) is 3. The number of carbonyl (C=O) groups excluding carboxylic acids is 1. The molecule has 1 N–H and O–H groups in total. The van der Waals surface area contributed by atoms with Gasteiger partial charge in [-0.25, -0.2) is 4.68 Å². The van der Waals surface area contributed by atoms with Crippen LogP contribution in [0.15, 0.2) is 71.5 Å². The van der Waals surface area contributed by atoms with Gasteiger partial charge in [0, 0.05) is 18.3 Å². The zero-order chi connectivity index (χ0) is 21.3. The van der Waals surface area contributed by atoms with E-state index in [0.29, 0.717) is 11.4 Å². The van der Waals surface area contributed by atoms with Crippen LogP contribution in [0.4, 0.5) is 5.69 Å². The van der Waals surface area contributed by atoms with Gasteiger partial charge in [-0.05, 0) is 56.4 Å². The van der Waals surface area contributed by atoms with Gasteiger partial charge in [-0.2, -0.15) is 5.10 Å². The van der Waals surface area contributed by atoms with Gasteiger partial charge in [0.1, 0.15) is 18.1 Å². The van der Waals surface area contributed by atoms with Crippen molar-refractivity contribution in [1.29, 1.82) is 0 Å². The van der Waals surface area contributed by atoms with E-state index in [1.165, 1.54) is 22.4 Å². The highest BCUT2D eigenvalue weighted by atomic mass is 16.5. The SMILES string of the molecule is CN(C)CCc1ccc(NC(=O)c2ccc(=O)n(CCOc3ccccc3)n2)cc1. The second-order valence-electron chi connectivity index (χ2n) is 7.15. The minimum absolute atomic E-state index is 0.172. The second kappa shape index (κ2) is 10.4. The molecule has 0 atom stereocenters. The Labute approximate surface area is 175 Å². The molecule has 1 aromatic heterocycles. The van der Waals surface area contributed by atoms with Crippen LogP contribution in [0, 0.1) is 0 Å². The highest BCUT2D eigenvalue weighted by Gasteiger charge is 2.10. The molecule has 0 aliphatic heterocycles. The number of benzene rings is 2. The molecule has 0 aliphatic carbocycles. The van der Waals surface area contributed by atoms with E-state index in [2.05, 4.69) is 15.3 Å². The fourth-order valence-corrected chi connectivity index (χ4v) is 2.80. The minimum atomic E-state index is -0.367. The summed E-state index contributed by atoms with van der Waals surface area (Å²) in [4.78, 5) is 26.7. The molecule has 7 heteroatoms. The van der Waals surface area contributed by atoms with Gasteiger partial charge in [-0.3, -0.25) is 9.59 Å². The van der Waals surface area contributed by atoms with E-state index in [1.54, 1.807) is 0 Å². The smallest absolute Gasteiger partial charge is 0.276 e. The quantitative estimate of drug-likeness (QED) is 0.591. The first-order valence-corrected chi connectivity index (χ1v) is 9.82. The summed E-state index contributed by atoms with van der Waals surface area (Å²) >= 11 is 0. The van der Waals surface area contributed by atoms with Gasteiger partial charge in [0.2, 0.25) is 0 Å². The summed E-state index contributed by atoms with van der Waals surface area (Å²) < 4.78 is 6.84. The van der Waals surface area contributed by atoms with E-state index in [4.69, 9.17) is 4.74 Å². The maximum absolute atomic E-state index is 12.5. The topological polar surface area (TPSA) is 76.5 Å². The summed E-state index contributed by atoms with van der Waals surface area (Å²) in [6, 6.07) is 19.8. The van der Waals surface area contributed by atoms with Crippen LogP contribution in [0.5, 0.6) is 5.75 Å². The van der Waals surface area contributed by atoms with Gasteiger partial charge >= 0.3 is 0 Å². The molecule has 3 rings (SSSR count). The van der Waals surface area contributed by atoms with Crippen LogP contribution >= 0.6 is 0 Å². The molecule has 1 heterocycles. The Balaban J connectivity index is 1.59. The third-order valence-corrected chi connectivity index (χ3v) is 4.47. The fourth-order valence-electron chi connectivity index (χ4n) is 2.80. The van der Waals surface area contributed by atoms with Crippen molar-refractivity contribution in [2.45, 2.75) is 13.0 Å². The molecule has 156 valence electrons. The van der Waals surface area contributed by atoms with Crippen molar-refractivity contribution >= 4 is 11.6 Å². The Hall–Kier alpha value is -3.45. The van der Waals surface area contributed by atoms with E-state index in [9.17, 15) is 9.59 Å². The molecule has 0 aliphatic rings. The van der Waals surface area contributed by atoms with Crippen LogP contribution in [-0.2, 0) is 13.0 Å². The van der Waals surface area contributed by atoms with Crippen molar-refractivity contribution in [2.75, 3.05) is 32.6 Å². The van der Waals surface area contributed by atoms with E-state index >= 15 is 0 Å². The summed E-state index contributed by atoms with van der Waals surface area (Å²) in [6.45, 7) is 1.48. The molecule has 3 aromatic rings. The number of anilines is 1. The molecule has 0 saturated carbocycles. The van der Waals surface area contributed by atoms with Crippen molar-refractivity contribution in [3.63, 3.8) is 0 Å². The van der Waals surface area contributed by atoms with Crippen molar-refractivity contribution in [2.24, 2.45) is 0 Å². The van der Waals surface area contributed by atoms with Crippen molar-refractivity contribution in [3.05, 3.63) is 88.3 Å². The Morgan fingerprint density at radius 2 is 1.77 bits per heavy atom. The predicted molar refractivity (Wildman–Crippen MR) is 117 cm³/mol. The van der Waals surface area contributed by atoms with Gasteiger partial charge in [0.05, 0.1) is 6.54 Å². The number of likely N-dealkylation sites (N-methyl/N-ethyl adjacent to an activating group) is 1. The largest absolute Gasteiger partial charge is 0.492 e. The minimum Gasteiger partial charge on any atom is -0.492 e. The van der Waals surface area contributed by atoms with Crippen LogP contribution < -0.4 is 15.6 Å². The summed E-state index contributed by atoms with van der Waals surface area (Å²) in [6.07, 6.45) is 0.943. The average molecular weight is 406 g/mol. The molecule has 0 saturated heterocycles. The first-order chi connectivity index (χ1) is 14.5. The van der Waals surface area contributed by atoms with Crippen LogP contribution in [0.2, 0.25) is 0 Å². The number of rotatable bonds is 9. The van der Waals surface area contributed by atoms with Gasteiger partial charge in [0.25, 0.3) is 11.5 Å². The number of nitrogens with one attached hydrogen (secondary N) is 1. The average Bonchev–Trinajstić information content (AvgIpc) is 2.75. The monoisotopic (exact) mass is 406 g/mol. The summed E-state index contributed by atoms with van der Waals surface area (Å²) in [5.41, 5.74) is 1.77. The molecule has 0 radical (unpaired) electrons. The van der Waals surface area contributed by atoms with Crippen molar-refractivity contribution in [3.8, 4) is 5.75 Å². The van der Waals surface area contributed by atoms with Gasteiger partial charge in [-0.1, -0.05) is 30.3 Å². The lowest BCUT2D eigenvalue weighted by Gasteiger charge is -2.11. The Kier molecular flexibility index (Phi) is 7.34. The van der Waals surface area contributed by atoms with Gasteiger partial charge < -0.3 is 15.0 Å². The molecular formula is C23H26N4O3.